The van der Waals surface area contributed by atoms with E-state index in [9.17, 15) is 45.5 Å². The van der Waals surface area contributed by atoms with Crippen LogP contribution in [0.25, 0.3) is 22.5 Å². The third-order valence-electron chi connectivity index (χ3n) is 12.7. The number of carbonyl (C=O) groups is 4. The molecule has 4 aromatic rings. The monoisotopic (exact) mass is 938 g/mol. The van der Waals surface area contributed by atoms with Crippen molar-refractivity contribution in [2.75, 3.05) is 50.9 Å². The number of hydrogen-bond acceptors (Lipinski definition) is 10. The minimum absolute atomic E-state index is 0.00769. The van der Waals surface area contributed by atoms with Crippen LogP contribution >= 0.6 is 0 Å². The van der Waals surface area contributed by atoms with Gasteiger partial charge in [0.15, 0.2) is 13.2 Å². The van der Waals surface area contributed by atoms with E-state index in [1.54, 1.807) is 26.1 Å². The summed E-state index contributed by atoms with van der Waals surface area (Å²) in [7, 11) is 0. The minimum atomic E-state index is -4.45. The van der Waals surface area contributed by atoms with E-state index in [0.717, 1.165) is 38.5 Å². The summed E-state index contributed by atoms with van der Waals surface area (Å²) in [6.07, 6.45) is -2.86. The maximum absolute atomic E-state index is 12.4. The maximum atomic E-state index is 12.4. The van der Waals surface area contributed by atoms with Gasteiger partial charge in [-0.3, -0.25) is 19.2 Å². The van der Waals surface area contributed by atoms with E-state index in [1.165, 1.54) is 54.6 Å². The number of carbonyl (C=O) groups excluding carboxylic acids is 4. The van der Waals surface area contributed by atoms with E-state index in [2.05, 4.69) is 28.6 Å². The van der Waals surface area contributed by atoms with E-state index >= 15 is 0 Å². The van der Waals surface area contributed by atoms with Crippen LogP contribution in [0, 0.1) is 22.7 Å². The van der Waals surface area contributed by atoms with Crippen molar-refractivity contribution in [3.63, 3.8) is 0 Å². The Bertz CT molecular complexity index is 2620. The van der Waals surface area contributed by atoms with Crippen LogP contribution in [0.5, 0.6) is 11.5 Å². The number of halogens is 6. The van der Waals surface area contributed by atoms with E-state index in [-0.39, 0.29) is 80.4 Å². The largest absolute Gasteiger partial charge is 0.484 e. The first-order valence-electron chi connectivity index (χ1n) is 21.1. The van der Waals surface area contributed by atoms with Crippen LogP contribution in [0.15, 0.2) is 61.2 Å². The highest BCUT2D eigenvalue weighted by Gasteiger charge is 2.52. The van der Waals surface area contributed by atoms with Crippen molar-refractivity contribution < 1.29 is 55.0 Å². The van der Waals surface area contributed by atoms with Crippen molar-refractivity contribution in [2.24, 2.45) is 22.3 Å². The molecular weight excluding hydrogens is 891 g/mol. The van der Waals surface area contributed by atoms with E-state index in [4.69, 9.17) is 32.4 Å². The zero-order chi connectivity index (χ0) is 48.6. The molecule has 8 N–H and O–H groups in total. The first-order valence-corrected chi connectivity index (χ1v) is 21.1. The van der Waals surface area contributed by atoms with Gasteiger partial charge in [0.1, 0.15) is 45.6 Å². The molecule has 0 atom stereocenters. The Morgan fingerprint density at radius 3 is 1.46 bits per heavy atom. The molecule has 2 aliphatic heterocycles. The quantitative estimate of drug-likeness (QED) is 0.0819. The van der Waals surface area contributed by atoms with Crippen LogP contribution in [0.1, 0.15) is 78.2 Å². The summed E-state index contributed by atoms with van der Waals surface area (Å²) in [6, 6.07) is 11.4. The molecule has 0 unspecified atom stereocenters. The van der Waals surface area contributed by atoms with Crippen molar-refractivity contribution in [3.8, 4) is 45.9 Å². The number of ether oxygens (including phenoxy) is 2. The summed E-state index contributed by atoms with van der Waals surface area (Å²) in [5, 5.41) is 9.08. The van der Waals surface area contributed by atoms with Gasteiger partial charge in [-0.25, -0.2) is 9.36 Å². The molecule has 356 valence electrons. The molecule has 2 aromatic heterocycles. The number of primary amides is 2. The van der Waals surface area contributed by atoms with E-state index in [0.29, 0.717) is 37.3 Å². The summed E-state index contributed by atoms with van der Waals surface area (Å²) in [5.41, 5.74) is 25.2. The molecule has 0 radical (unpaired) electrons. The molecule has 2 aromatic carbocycles. The lowest BCUT2D eigenvalue weighted by Crippen LogP contribution is -2.42. The van der Waals surface area contributed by atoms with Crippen LogP contribution in [0.3, 0.4) is 0 Å². The molecule has 4 heterocycles. The highest BCUT2D eigenvalue weighted by Crippen LogP contribution is 2.56. The van der Waals surface area contributed by atoms with Gasteiger partial charge in [0.2, 0.25) is 5.91 Å². The van der Waals surface area contributed by atoms with Crippen LogP contribution in [0.2, 0.25) is 0 Å². The smallest absolute Gasteiger partial charge is 0.422 e. The zero-order valence-corrected chi connectivity index (χ0v) is 36.3. The van der Waals surface area contributed by atoms with Crippen LogP contribution in [-0.4, -0.2) is 105 Å². The van der Waals surface area contributed by atoms with Gasteiger partial charge < -0.3 is 42.2 Å². The molecule has 2 spiro atoms. The van der Waals surface area contributed by atoms with Gasteiger partial charge in [-0.05, 0) is 117 Å². The fraction of sp³-hybridized carbons (Fsp3) is 0.422. The van der Waals surface area contributed by atoms with Gasteiger partial charge in [0.05, 0.1) is 12.1 Å². The Hall–Kier alpha value is -7.18. The SMILES string of the molecule is C=CC(=O)N1CCC2(CC(n3nc(-c4ccc(OCC(F)(F)F)cc4)c(C(N)=O)c3N)C2)C1.CC#CC(=O)N1CCC2(CC(n3nc(-c4ccc(OCC(F)(F)F)cc4)c(C(N)=O)c3N)C2)C1. The van der Waals surface area contributed by atoms with Crippen LogP contribution in [0.4, 0.5) is 38.0 Å². The normalized spacial score (nSPS) is 22.0. The summed E-state index contributed by atoms with van der Waals surface area (Å²) >= 11 is 0. The van der Waals surface area contributed by atoms with E-state index in [1.807, 2.05) is 0 Å². The molecule has 16 nitrogen and oxygen atoms in total. The molecule has 4 fully saturated rings. The van der Waals surface area contributed by atoms with Gasteiger partial charge in [0, 0.05) is 37.3 Å². The predicted octanol–water partition coefficient (Wildman–Crippen LogP) is 5.66. The molecule has 67 heavy (non-hydrogen) atoms. The highest BCUT2D eigenvalue weighted by molar-refractivity contribution is 6.04. The Balaban J connectivity index is 0.000000199. The van der Waals surface area contributed by atoms with Crippen molar-refractivity contribution in [3.05, 3.63) is 72.3 Å². The van der Waals surface area contributed by atoms with Gasteiger partial charge in [0.25, 0.3) is 17.7 Å². The lowest BCUT2D eigenvalue weighted by Gasteiger charge is -2.45. The minimum Gasteiger partial charge on any atom is -0.484 e. The molecule has 2 saturated heterocycles. The third kappa shape index (κ3) is 10.3. The molecule has 22 heteroatoms. The summed E-state index contributed by atoms with van der Waals surface area (Å²) in [6.45, 7) is 4.93. The Kier molecular flexibility index (Phi) is 13.0. The number of nitrogen functional groups attached to an aromatic ring is 2. The number of nitrogens with zero attached hydrogens (tertiary/aromatic N) is 6. The predicted molar refractivity (Wildman–Crippen MR) is 232 cm³/mol. The fourth-order valence-electron chi connectivity index (χ4n) is 9.53. The molecule has 2 aliphatic carbocycles. The fourth-order valence-corrected chi connectivity index (χ4v) is 9.53. The maximum Gasteiger partial charge on any atom is 0.422 e. The van der Waals surface area contributed by atoms with E-state index < -0.39 is 37.4 Å². The Morgan fingerprint density at radius 1 is 0.716 bits per heavy atom. The first kappa shape index (κ1) is 47.8. The Morgan fingerprint density at radius 2 is 1.10 bits per heavy atom. The number of anilines is 2. The van der Waals surface area contributed by atoms with Gasteiger partial charge in [-0.15, -0.1) is 0 Å². The Labute approximate surface area is 380 Å². The number of aromatic nitrogens is 4. The lowest BCUT2D eigenvalue weighted by atomic mass is 9.65. The number of nitrogens with two attached hydrogens (primary N) is 4. The van der Waals surface area contributed by atoms with Crippen LogP contribution < -0.4 is 32.4 Å². The second kappa shape index (κ2) is 18.2. The summed E-state index contributed by atoms with van der Waals surface area (Å²) in [4.78, 5) is 51.8. The zero-order valence-electron chi connectivity index (χ0n) is 36.3. The molecule has 8 rings (SSSR count). The molecule has 2 saturated carbocycles. The average Bonchev–Trinajstić information content (AvgIpc) is 4.04. The standard InChI is InChI=1S/C23H24F3N5O3.C22H24F3N5O3/c1-2-3-17(32)30-9-8-22(12-30)10-15(11-22)31-20(27)18(21(28)33)19(29-31)14-4-6-16(7-5-14)34-13-23(24,25)26;1-2-16(31)29-8-7-21(11-29)9-14(10-21)30-19(26)17(20(27)32)18(28-30)13-3-5-15(6-4-13)33-12-22(23,24)25/h4-7,15H,8-13,27H2,1H3,(H2,28,33);2-6,14H,1,7-12,26H2,(H2,27,32). The molecular formula is C45H48F6N10O6. The number of amides is 4. The highest BCUT2D eigenvalue weighted by atomic mass is 19.4. The molecule has 4 amide bonds. The average molecular weight is 939 g/mol. The number of likely N-dealkylation sites (tertiary alicyclic amines) is 2. The topological polar surface area (TPSA) is 233 Å². The molecule has 4 aliphatic rings. The van der Waals surface area contributed by atoms with Gasteiger partial charge in [-0.2, -0.15) is 36.5 Å². The van der Waals surface area contributed by atoms with Gasteiger partial charge >= 0.3 is 12.4 Å². The van der Waals surface area contributed by atoms with Gasteiger partial charge in [-0.1, -0.05) is 12.5 Å². The summed E-state index contributed by atoms with van der Waals surface area (Å²) < 4.78 is 86.8. The number of benzene rings is 2. The molecule has 0 bridgehead atoms. The van der Waals surface area contributed by atoms with Crippen LogP contribution in [-0.2, 0) is 9.59 Å². The van der Waals surface area contributed by atoms with Crippen molar-refractivity contribution in [2.45, 2.75) is 69.9 Å². The number of alkyl halides is 6. The number of rotatable bonds is 11. The van der Waals surface area contributed by atoms with Crippen molar-refractivity contribution >= 4 is 35.3 Å². The van der Waals surface area contributed by atoms with Crippen molar-refractivity contribution in [1.29, 1.82) is 0 Å². The van der Waals surface area contributed by atoms with Crippen molar-refractivity contribution in [1.82, 2.24) is 29.4 Å². The second-order valence-corrected chi connectivity index (χ2v) is 17.4. The first-order chi connectivity index (χ1) is 31.5. The summed E-state index contributed by atoms with van der Waals surface area (Å²) in [5.74, 6) is 3.79. The second-order valence-electron chi connectivity index (χ2n) is 17.4. The third-order valence-corrected chi connectivity index (χ3v) is 12.7. The lowest BCUT2D eigenvalue weighted by molar-refractivity contribution is -0.154. The number of hydrogen-bond donors (Lipinski definition) is 4.